The summed E-state index contributed by atoms with van der Waals surface area (Å²) in [5.41, 5.74) is 7.01. The molecule has 0 fully saturated rings. The number of nitrogens with two attached hydrogens (primary N) is 1. The maximum Gasteiger partial charge on any atom is 0.0954 e. The van der Waals surface area contributed by atoms with Gasteiger partial charge in [-0.2, -0.15) is 0 Å². The lowest BCUT2D eigenvalue weighted by Crippen LogP contribution is -2.24. The van der Waals surface area contributed by atoms with Crippen LogP contribution in [0.25, 0.3) is 10.6 Å². The molecule has 2 aromatic heterocycles. The van der Waals surface area contributed by atoms with Gasteiger partial charge in [0, 0.05) is 12.6 Å². The Labute approximate surface area is 99.9 Å². The molecule has 1 unspecified atom stereocenters. The summed E-state index contributed by atoms with van der Waals surface area (Å²) >= 11 is 1.73. The Bertz CT molecular complexity index is 431. The molecule has 0 aromatic carbocycles. The summed E-state index contributed by atoms with van der Waals surface area (Å²) in [5, 5.41) is 2.08. The summed E-state index contributed by atoms with van der Waals surface area (Å²) in [6, 6.07) is 4.50. The van der Waals surface area contributed by atoms with Crippen molar-refractivity contribution in [2.75, 3.05) is 6.54 Å². The maximum atomic E-state index is 5.84. The molecule has 0 aliphatic heterocycles. The van der Waals surface area contributed by atoms with Crippen LogP contribution in [0.3, 0.4) is 0 Å². The molecule has 0 radical (unpaired) electrons. The lowest BCUT2D eigenvalue weighted by atomic mass is 10.0. The first-order valence-corrected chi connectivity index (χ1v) is 6.37. The fraction of sp³-hybridized carbons (Fsp3) is 0.417. The van der Waals surface area contributed by atoms with Crippen LogP contribution in [0.2, 0.25) is 0 Å². The average Bonchev–Trinajstić information content (AvgIpc) is 2.86. The Balaban J connectivity index is 2.39. The van der Waals surface area contributed by atoms with Crippen LogP contribution in [0.15, 0.2) is 30.0 Å². The van der Waals surface area contributed by atoms with E-state index >= 15 is 0 Å². The minimum absolute atomic E-state index is 0.319. The second-order valence-electron chi connectivity index (χ2n) is 4.21. The van der Waals surface area contributed by atoms with Crippen molar-refractivity contribution in [1.29, 1.82) is 0 Å². The molecule has 16 heavy (non-hydrogen) atoms. The van der Waals surface area contributed by atoms with E-state index in [9.17, 15) is 0 Å². The monoisotopic (exact) mass is 235 g/mol. The van der Waals surface area contributed by atoms with Crippen molar-refractivity contribution in [3.63, 3.8) is 0 Å². The first-order chi connectivity index (χ1) is 7.74. The molecule has 0 amide bonds. The highest BCUT2D eigenvalue weighted by Gasteiger charge is 2.17. The largest absolute Gasteiger partial charge is 0.328 e. The number of nitrogens with zero attached hydrogens (tertiary/aromatic N) is 2. The minimum atomic E-state index is 0.319. The predicted molar refractivity (Wildman–Crippen MR) is 68.5 cm³/mol. The third-order valence-corrected chi connectivity index (χ3v) is 3.70. The number of imidazole rings is 1. The van der Waals surface area contributed by atoms with Gasteiger partial charge in [0.2, 0.25) is 0 Å². The highest BCUT2D eigenvalue weighted by molar-refractivity contribution is 7.13. The van der Waals surface area contributed by atoms with Crippen LogP contribution < -0.4 is 5.73 Å². The molecule has 0 saturated heterocycles. The number of aromatic nitrogens is 2. The van der Waals surface area contributed by atoms with Gasteiger partial charge < -0.3 is 10.3 Å². The highest BCUT2D eigenvalue weighted by Crippen LogP contribution is 2.28. The summed E-state index contributed by atoms with van der Waals surface area (Å²) < 4.78 is 2.19. The van der Waals surface area contributed by atoms with Crippen molar-refractivity contribution >= 4 is 11.3 Å². The van der Waals surface area contributed by atoms with Crippen LogP contribution in [0.1, 0.15) is 19.9 Å². The predicted octanol–water partition coefficient (Wildman–Crippen LogP) is 2.77. The topological polar surface area (TPSA) is 43.8 Å². The van der Waals surface area contributed by atoms with E-state index in [0.29, 0.717) is 18.5 Å². The standard InChI is InChI=1S/C12H17N3S/c1-9(2)10(6-13)15-8-14-7-11(15)12-4-3-5-16-12/h3-5,7-10H,6,13H2,1-2H3. The second-order valence-corrected chi connectivity index (χ2v) is 5.16. The van der Waals surface area contributed by atoms with Gasteiger partial charge in [-0.1, -0.05) is 19.9 Å². The molecular weight excluding hydrogens is 218 g/mol. The van der Waals surface area contributed by atoms with Crippen molar-refractivity contribution in [3.8, 4) is 10.6 Å². The van der Waals surface area contributed by atoms with Gasteiger partial charge in [-0.3, -0.25) is 0 Å². The van der Waals surface area contributed by atoms with E-state index in [4.69, 9.17) is 5.73 Å². The fourth-order valence-electron chi connectivity index (χ4n) is 1.89. The van der Waals surface area contributed by atoms with Crippen LogP contribution in [0, 0.1) is 5.92 Å². The molecular formula is C12H17N3S. The van der Waals surface area contributed by atoms with E-state index < -0.39 is 0 Å². The molecule has 0 aliphatic carbocycles. The van der Waals surface area contributed by atoms with E-state index in [-0.39, 0.29) is 0 Å². The number of hydrogen-bond donors (Lipinski definition) is 1. The molecule has 0 spiro atoms. The summed E-state index contributed by atoms with van der Waals surface area (Å²) in [4.78, 5) is 5.49. The van der Waals surface area contributed by atoms with Crippen molar-refractivity contribution in [2.24, 2.45) is 11.7 Å². The lowest BCUT2D eigenvalue weighted by Gasteiger charge is -2.22. The second kappa shape index (κ2) is 4.80. The van der Waals surface area contributed by atoms with Gasteiger partial charge in [0.1, 0.15) is 0 Å². The Morgan fingerprint density at radius 2 is 2.31 bits per heavy atom. The smallest absolute Gasteiger partial charge is 0.0954 e. The van der Waals surface area contributed by atoms with E-state index in [1.807, 2.05) is 12.5 Å². The van der Waals surface area contributed by atoms with Crippen LogP contribution in [-0.4, -0.2) is 16.1 Å². The summed E-state index contributed by atoms with van der Waals surface area (Å²) in [7, 11) is 0. The van der Waals surface area contributed by atoms with Gasteiger partial charge in [0.25, 0.3) is 0 Å². The Morgan fingerprint density at radius 3 is 2.88 bits per heavy atom. The van der Waals surface area contributed by atoms with Crippen molar-refractivity contribution in [3.05, 3.63) is 30.0 Å². The maximum absolute atomic E-state index is 5.84. The van der Waals surface area contributed by atoms with Crippen molar-refractivity contribution < 1.29 is 0 Å². The summed E-state index contributed by atoms with van der Waals surface area (Å²) in [5.74, 6) is 0.512. The molecule has 0 bridgehead atoms. The Kier molecular flexibility index (Phi) is 3.41. The molecule has 2 rings (SSSR count). The minimum Gasteiger partial charge on any atom is -0.328 e. The van der Waals surface area contributed by atoms with Crippen molar-refractivity contribution in [2.45, 2.75) is 19.9 Å². The van der Waals surface area contributed by atoms with Crippen LogP contribution >= 0.6 is 11.3 Å². The molecule has 3 nitrogen and oxygen atoms in total. The molecule has 86 valence electrons. The lowest BCUT2D eigenvalue weighted by molar-refractivity contribution is 0.388. The fourth-order valence-corrected chi connectivity index (χ4v) is 2.63. The number of rotatable bonds is 4. The zero-order valence-electron chi connectivity index (χ0n) is 9.63. The Morgan fingerprint density at radius 1 is 1.50 bits per heavy atom. The summed E-state index contributed by atoms with van der Waals surface area (Å²) in [6.45, 7) is 5.03. The number of hydrogen-bond acceptors (Lipinski definition) is 3. The third-order valence-electron chi connectivity index (χ3n) is 2.81. The average molecular weight is 235 g/mol. The molecule has 4 heteroatoms. The third kappa shape index (κ3) is 2.03. The first-order valence-electron chi connectivity index (χ1n) is 5.49. The van der Waals surface area contributed by atoms with Crippen LogP contribution in [-0.2, 0) is 0 Å². The zero-order valence-corrected chi connectivity index (χ0v) is 10.4. The van der Waals surface area contributed by atoms with Crippen LogP contribution in [0.4, 0.5) is 0 Å². The van der Waals surface area contributed by atoms with Crippen LogP contribution in [0.5, 0.6) is 0 Å². The number of thiophene rings is 1. The van der Waals surface area contributed by atoms with Gasteiger partial charge in [0.05, 0.1) is 23.1 Å². The van der Waals surface area contributed by atoms with E-state index in [1.165, 1.54) is 10.6 Å². The normalized spacial score (nSPS) is 13.2. The molecule has 2 heterocycles. The first kappa shape index (κ1) is 11.4. The zero-order chi connectivity index (χ0) is 11.5. The van der Waals surface area contributed by atoms with Crippen molar-refractivity contribution in [1.82, 2.24) is 9.55 Å². The quantitative estimate of drug-likeness (QED) is 0.885. The summed E-state index contributed by atoms with van der Waals surface area (Å²) in [6.07, 6.45) is 3.80. The van der Waals surface area contributed by atoms with E-state index in [0.717, 1.165) is 0 Å². The van der Waals surface area contributed by atoms with E-state index in [2.05, 4.69) is 40.9 Å². The highest BCUT2D eigenvalue weighted by atomic mass is 32.1. The molecule has 0 aliphatic rings. The molecule has 1 atom stereocenters. The van der Waals surface area contributed by atoms with Gasteiger partial charge in [-0.25, -0.2) is 4.98 Å². The Hall–Kier alpha value is -1.13. The van der Waals surface area contributed by atoms with Gasteiger partial charge in [-0.15, -0.1) is 11.3 Å². The van der Waals surface area contributed by atoms with E-state index in [1.54, 1.807) is 11.3 Å². The van der Waals surface area contributed by atoms with Gasteiger partial charge in [0.15, 0.2) is 0 Å². The SMILES string of the molecule is CC(C)C(CN)n1cncc1-c1cccs1. The molecule has 0 saturated carbocycles. The van der Waals surface area contributed by atoms with Gasteiger partial charge >= 0.3 is 0 Å². The molecule has 2 N–H and O–H groups in total. The molecule has 2 aromatic rings. The van der Waals surface area contributed by atoms with Gasteiger partial charge in [-0.05, 0) is 17.4 Å².